The third kappa shape index (κ3) is 8.13. The normalized spacial score (nSPS) is 10.9. The van der Waals surface area contributed by atoms with Gasteiger partial charge in [0.1, 0.15) is 19.0 Å². The Kier molecular flexibility index (Phi) is 11.6. The summed E-state index contributed by atoms with van der Waals surface area (Å²) in [7, 11) is 4.41. The van der Waals surface area contributed by atoms with Gasteiger partial charge in [-0.1, -0.05) is 6.92 Å². The van der Waals surface area contributed by atoms with Gasteiger partial charge in [0, 0.05) is 50.4 Å². The van der Waals surface area contributed by atoms with Crippen LogP contribution in [0.1, 0.15) is 12.5 Å². The van der Waals surface area contributed by atoms with Crippen molar-refractivity contribution in [2.75, 3.05) is 55.5 Å². The van der Waals surface area contributed by atoms with E-state index in [1.807, 2.05) is 42.2 Å². The van der Waals surface area contributed by atoms with Gasteiger partial charge in [-0.05, 0) is 24.7 Å². The number of likely N-dealkylation sites (N-methyl/N-ethyl adjacent to an activating group) is 1. The quantitative estimate of drug-likeness (QED) is 0.0955. The van der Waals surface area contributed by atoms with Crippen molar-refractivity contribution in [1.29, 1.82) is 0 Å². The highest BCUT2D eigenvalue weighted by molar-refractivity contribution is 14.1. The van der Waals surface area contributed by atoms with Crippen LogP contribution in [0.25, 0.3) is 0 Å². The first-order valence-electron chi connectivity index (χ1n) is 13.5. The van der Waals surface area contributed by atoms with E-state index in [4.69, 9.17) is 18.9 Å². The van der Waals surface area contributed by atoms with Crippen LogP contribution >= 0.6 is 22.9 Å². The number of ether oxygens (including phenoxy) is 4. The standard InChI is InChI=1S/C29H34F2IN7O4/c1-5-33-10-12-39(32)23-8-7-20(15-24(23)42-14-13-38-11-6-9-36-38)37(2)29-34-17-21(18-35-29)43-19-22-27(30)25(40-3)16-26(41-4)28(22)31/h6-9,11,15-18,33H,5,10,12-14,19H2,1-4H3. The minimum absolute atomic E-state index is 0.149. The number of halogens is 3. The predicted octanol–water partition coefficient (Wildman–Crippen LogP) is 5.16. The Morgan fingerprint density at radius 2 is 1.72 bits per heavy atom. The number of nitrogens with zero attached hydrogens (tertiary/aromatic N) is 6. The van der Waals surface area contributed by atoms with Crippen LogP contribution in [0.2, 0.25) is 0 Å². The number of rotatable bonds is 16. The van der Waals surface area contributed by atoms with Crippen LogP contribution in [0.4, 0.5) is 26.1 Å². The van der Waals surface area contributed by atoms with Crippen LogP contribution in [0.3, 0.4) is 0 Å². The van der Waals surface area contributed by atoms with Gasteiger partial charge < -0.3 is 32.3 Å². The fourth-order valence-corrected chi connectivity index (χ4v) is 4.72. The molecule has 0 aliphatic rings. The lowest BCUT2D eigenvalue weighted by molar-refractivity contribution is 0.280. The van der Waals surface area contributed by atoms with E-state index >= 15 is 0 Å². The minimum atomic E-state index is -0.865. The van der Waals surface area contributed by atoms with Gasteiger partial charge in [-0.3, -0.25) is 4.68 Å². The second-order valence-corrected chi connectivity index (χ2v) is 10.3. The first-order chi connectivity index (χ1) is 20.9. The van der Waals surface area contributed by atoms with Crippen LogP contribution in [0, 0.1) is 11.6 Å². The maximum Gasteiger partial charge on any atom is 0.229 e. The van der Waals surface area contributed by atoms with Crippen molar-refractivity contribution in [1.82, 2.24) is 25.1 Å². The third-order valence-electron chi connectivity index (χ3n) is 6.43. The Balaban J connectivity index is 1.48. The molecule has 14 heteroatoms. The fourth-order valence-electron chi connectivity index (χ4n) is 4.08. The smallest absolute Gasteiger partial charge is 0.229 e. The lowest BCUT2D eigenvalue weighted by Crippen LogP contribution is -2.25. The molecule has 0 amide bonds. The summed E-state index contributed by atoms with van der Waals surface area (Å²) in [6.45, 7) is 5.22. The summed E-state index contributed by atoms with van der Waals surface area (Å²) in [5.41, 5.74) is 1.41. The number of aromatic nitrogens is 4. The highest BCUT2D eigenvalue weighted by Crippen LogP contribution is 2.36. The highest BCUT2D eigenvalue weighted by Gasteiger charge is 2.21. The number of methoxy groups -OCH3 is 2. The molecular formula is C29H34F2IN7O4. The number of benzene rings is 2. The Hall–Kier alpha value is -3.92. The summed E-state index contributed by atoms with van der Waals surface area (Å²) < 4.78 is 55.1. The van der Waals surface area contributed by atoms with E-state index in [2.05, 4.69) is 53.3 Å². The Labute approximate surface area is 263 Å². The molecule has 0 spiro atoms. The zero-order chi connectivity index (χ0) is 30.8. The zero-order valence-electron chi connectivity index (χ0n) is 24.4. The van der Waals surface area contributed by atoms with Crippen molar-refractivity contribution < 1.29 is 27.7 Å². The lowest BCUT2D eigenvalue weighted by atomic mass is 10.1. The molecule has 2 aromatic heterocycles. The van der Waals surface area contributed by atoms with Gasteiger partial charge >= 0.3 is 0 Å². The molecule has 0 aliphatic heterocycles. The topological polar surface area (TPSA) is 99.0 Å². The van der Waals surface area contributed by atoms with E-state index in [1.54, 1.807) is 11.1 Å². The molecule has 0 fully saturated rings. The number of hydrogen-bond acceptors (Lipinski definition) is 10. The van der Waals surface area contributed by atoms with Gasteiger partial charge in [0.05, 0.1) is 67.3 Å². The highest BCUT2D eigenvalue weighted by atomic mass is 127. The minimum Gasteiger partial charge on any atom is -0.494 e. The van der Waals surface area contributed by atoms with Crippen LogP contribution in [-0.2, 0) is 13.2 Å². The largest absolute Gasteiger partial charge is 0.494 e. The summed E-state index contributed by atoms with van der Waals surface area (Å²) in [5, 5.41) is 7.57. The summed E-state index contributed by atoms with van der Waals surface area (Å²) >= 11 is 2.29. The van der Waals surface area contributed by atoms with E-state index in [9.17, 15) is 8.78 Å². The molecule has 0 atom stereocenters. The van der Waals surface area contributed by atoms with Crippen LogP contribution in [0.5, 0.6) is 23.0 Å². The second kappa shape index (κ2) is 15.5. The van der Waals surface area contributed by atoms with E-state index in [0.717, 1.165) is 37.1 Å². The van der Waals surface area contributed by atoms with Crippen LogP contribution in [-0.4, -0.2) is 67.3 Å². The molecule has 0 saturated carbocycles. The van der Waals surface area contributed by atoms with Crippen molar-refractivity contribution in [2.24, 2.45) is 0 Å². The molecule has 4 rings (SSSR count). The molecule has 2 heterocycles. The Morgan fingerprint density at radius 1 is 1.00 bits per heavy atom. The monoisotopic (exact) mass is 709 g/mol. The molecule has 0 aliphatic carbocycles. The molecule has 230 valence electrons. The van der Waals surface area contributed by atoms with E-state index in [0.29, 0.717) is 24.8 Å². The maximum atomic E-state index is 14.7. The van der Waals surface area contributed by atoms with Gasteiger partial charge in [-0.2, -0.15) is 5.10 Å². The molecule has 0 unspecified atom stereocenters. The molecule has 2 aromatic carbocycles. The van der Waals surface area contributed by atoms with Gasteiger partial charge in [0.25, 0.3) is 0 Å². The van der Waals surface area contributed by atoms with Crippen molar-refractivity contribution in [3.8, 4) is 23.0 Å². The fraction of sp³-hybridized carbons (Fsp3) is 0.345. The summed E-state index contributed by atoms with van der Waals surface area (Å²) in [5.74, 6) is -0.696. The molecule has 0 bridgehead atoms. The average Bonchev–Trinajstić information content (AvgIpc) is 3.55. The Morgan fingerprint density at radius 3 is 2.35 bits per heavy atom. The first-order valence-corrected chi connectivity index (χ1v) is 14.5. The van der Waals surface area contributed by atoms with Crippen molar-refractivity contribution in [3.05, 3.63) is 72.3 Å². The van der Waals surface area contributed by atoms with E-state index in [1.165, 1.54) is 26.6 Å². The van der Waals surface area contributed by atoms with Gasteiger partial charge in [0.15, 0.2) is 28.9 Å². The molecule has 1 N–H and O–H groups in total. The summed E-state index contributed by atoms with van der Waals surface area (Å²) in [6, 6.07) is 8.91. The third-order valence-corrected chi connectivity index (χ3v) is 7.43. The number of nitrogens with one attached hydrogen (secondary N) is 1. The van der Waals surface area contributed by atoms with Gasteiger partial charge in [0.2, 0.25) is 5.95 Å². The maximum absolute atomic E-state index is 14.7. The van der Waals surface area contributed by atoms with Crippen LogP contribution in [0.15, 0.2) is 55.1 Å². The lowest BCUT2D eigenvalue weighted by Gasteiger charge is -2.23. The van der Waals surface area contributed by atoms with Crippen molar-refractivity contribution >= 4 is 40.2 Å². The molecule has 0 saturated heterocycles. The summed E-state index contributed by atoms with van der Waals surface area (Å²) in [6.07, 6.45) is 6.50. The van der Waals surface area contributed by atoms with Crippen molar-refractivity contribution in [3.63, 3.8) is 0 Å². The second-order valence-electron chi connectivity index (χ2n) is 9.16. The van der Waals surface area contributed by atoms with Crippen LogP contribution < -0.4 is 32.3 Å². The first kappa shape index (κ1) is 32.0. The Bertz CT molecular complexity index is 1430. The molecule has 0 radical (unpaired) electrons. The SMILES string of the molecule is CCNCCN(I)c1ccc(N(C)c2ncc(OCc3c(F)c(OC)cc(OC)c3F)cn2)cc1OCCn1cccn1. The molecule has 4 aromatic rings. The zero-order valence-corrected chi connectivity index (χ0v) is 26.5. The number of hydrogen-bond donors (Lipinski definition) is 1. The average molecular weight is 710 g/mol. The number of anilines is 3. The van der Waals surface area contributed by atoms with E-state index in [-0.39, 0.29) is 22.8 Å². The van der Waals surface area contributed by atoms with E-state index < -0.39 is 18.2 Å². The molecule has 43 heavy (non-hydrogen) atoms. The predicted molar refractivity (Wildman–Crippen MR) is 168 cm³/mol. The van der Waals surface area contributed by atoms with Gasteiger partial charge in [-0.25, -0.2) is 18.7 Å². The van der Waals surface area contributed by atoms with Gasteiger partial charge in [-0.15, -0.1) is 0 Å². The summed E-state index contributed by atoms with van der Waals surface area (Å²) in [4.78, 5) is 10.6. The van der Waals surface area contributed by atoms with Crippen molar-refractivity contribution in [2.45, 2.75) is 20.1 Å². The molecule has 11 nitrogen and oxygen atoms in total. The molecular weight excluding hydrogens is 675 g/mol.